The minimum Gasteiger partial charge on any atom is -0.278 e. The zero-order valence-electron chi connectivity index (χ0n) is 10.6. The quantitative estimate of drug-likeness (QED) is 0.602. The third-order valence-corrected chi connectivity index (χ3v) is 3.89. The van der Waals surface area contributed by atoms with Crippen molar-refractivity contribution in [1.82, 2.24) is 0 Å². The lowest BCUT2D eigenvalue weighted by molar-refractivity contribution is 0.620. The van der Waals surface area contributed by atoms with Crippen LogP contribution in [0.2, 0.25) is 0 Å². The van der Waals surface area contributed by atoms with Crippen LogP contribution in [0.3, 0.4) is 0 Å². The minimum atomic E-state index is -0.236. The van der Waals surface area contributed by atoms with Crippen LogP contribution in [0.4, 0.5) is 10.1 Å². The molecule has 1 aliphatic carbocycles. The highest BCUT2D eigenvalue weighted by atomic mass is 79.9. The van der Waals surface area contributed by atoms with Crippen LogP contribution in [0.25, 0.3) is 0 Å². The second-order valence-electron chi connectivity index (χ2n) is 4.79. The van der Waals surface area contributed by atoms with Gasteiger partial charge in [-0.1, -0.05) is 12.8 Å². The Bertz CT molecular complexity index is 447. The molecule has 1 saturated carbocycles. The van der Waals surface area contributed by atoms with Gasteiger partial charge in [0.05, 0.1) is 10.2 Å². The Labute approximate surface area is 116 Å². The molecule has 1 aromatic carbocycles. The number of hydrogen-bond acceptors (Lipinski definition) is 2. The molecular weight excluding hydrogens is 295 g/mol. The topological polar surface area (TPSA) is 24.4 Å². The molecule has 2 nitrogen and oxygen atoms in total. The van der Waals surface area contributed by atoms with Gasteiger partial charge in [0.2, 0.25) is 0 Å². The first-order valence-corrected chi connectivity index (χ1v) is 7.23. The van der Waals surface area contributed by atoms with E-state index in [0.717, 1.165) is 24.1 Å². The van der Waals surface area contributed by atoms with E-state index < -0.39 is 0 Å². The third-order valence-electron chi connectivity index (χ3n) is 3.28. The first-order valence-electron chi connectivity index (χ1n) is 6.44. The lowest BCUT2D eigenvalue weighted by atomic mass is 10.2. The summed E-state index contributed by atoms with van der Waals surface area (Å²) < 4.78 is 13.8. The molecule has 1 aliphatic rings. The number of aryl methyl sites for hydroxylation is 1. The maximum absolute atomic E-state index is 13.3. The molecule has 0 atom stereocenters. The van der Waals surface area contributed by atoms with E-state index in [1.807, 2.05) is 6.92 Å². The predicted octanol–water partition coefficient (Wildman–Crippen LogP) is 5.02. The van der Waals surface area contributed by atoms with Crippen LogP contribution in [0, 0.1) is 12.7 Å². The molecule has 0 radical (unpaired) electrons. The van der Waals surface area contributed by atoms with Crippen molar-refractivity contribution in [2.24, 2.45) is 5.10 Å². The summed E-state index contributed by atoms with van der Waals surface area (Å²) in [5.41, 5.74) is 6.03. The van der Waals surface area contributed by atoms with Gasteiger partial charge in [0.15, 0.2) is 0 Å². The number of anilines is 1. The zero-order chi connectivity index (χ0) is 13.0. The molecule has 0 aliphatic heterocycles. The Morgan fingerprint density at radius 1 is 1.17 bits per heavy atom. The highest BCUT2D eigenvalue weighted by Crippen LogP contribution is 2.24. The molecule has 98 valence electrons. The molecule has 0 heterocycles. The molecule has 18 heavy (non-hydrogen) atoms. The summed E-state index contributed by atoms with van der Waals surface area (Å²) in [5, 5.41) is 4.47. The number of halogens is 2. The fraction of sp³-hybridized carbons (Fsp3) is 0.500. The van der Waals surface area contributed by atoms with E-state index in [1.54, 1.807) is 6.07 Å². The van der Waals surface area contributed by atoms with E-state index in [-0.39, 0.29) is 5.82 Å². The minimum absolute atomic E-state index is 0.236. The third kappa shape index (κ3) is 3.55. The van der Waals surface area contributed by atoms with Crippen molar-refractivity contribution in [3.05, 3.63) is 28.0 Å². The largest absolute Gasteiger partial charge is 0.278 e. The fourth-order valence-electron chi connectivity index (χ4n) is 2.15. The number of benzene rings is 1. The maximum atomic E-state index is 13.3. The number of hydrazone groups is 1. The number of hydrogen-bond donors (Lipinski definition) is 1. The van der Waals surface area contributed by atoms with Gasteiger partial charge in [-0.3, -0.25) is 5.43 Å². The Hall–Kier alpha value is -0.900. The number of nitrogens with zero attached hydrogens (tertiary/aromatic N) is 1. The Morgan fingerprint density at radius 3 is 2.50 bits per heavy atom. The summed E-state index contributed by atoms with van der Waals surface area (Å²) in [4.78, 5) is 0. The average molecular weight is 313 g/mol. The SMILES string of the molecule is Cc1cc(F)c(Br)cc1NN=C1CCCCCC1. The van der Waals surface area contributed by atoms with Gasteiger partial charge in [0, 0.05) is 5.71 Å². The van der Waals surface area contributed by atoms with E-state index in [0.29, 0.717) is 4.47 Å². The second-order valence-corrected chi connectivity index (χ2v) is 5.64. The van der Waals surface area contributed by atoms with E-state index >= 15 is 0 Å². The van der Waals surface area contributed by atoms with Gasteiger partial charge < -0.3 is 0 Å². The van der Waals surface area contributed by atoms with Gasteiger partial charge in [0.1, 0.15) is 5.82 Å². The van der Waals surface area contributed by atoms with E-state index in [2.05, 4.69) is 26.5 Å². The average Bonchev–Trinajstić information content (AvgIpc) is 2.60. The van der Waals surface area contributed by atoms with Crippen LogP contribution in [-0.4, -0.2) is 5.71 Å². The monoisotopic (exact) mass is 312 g/mol. The second kappa shape index (κ2) is 6.32. The van der Waals surface area contributed by atoms with Crippen LogP contribution >= 0.6 is 15.9 Å². The van der Waals surface area contributed by atoms with Crippen molar-refractivity contribution in [3.63, 3.8) is 0 Å². The summed E-state index contributed by atoms with van der Waals surface area (Å²) in [6.07, 6.45) is 7.22. The summed E-state index contributed by atoms with van der Waals surface area (Å²) in [6, 6.07) is 3.26. The molecular formula is C14H18BrFN2. The molecule has 0 aromatic heterocycles. The summed E-state index contributed by atoms with van der Waals surface area (Å²) in [5.74, 6) is -0.236. The van der Waals surface area contributed by atoms with Gasteiger partial charge >= 0.3 is 0 Å². The van der Waals surface area contributed by atoms with Gasteiger partial charge in [-0.15, -0.1) is 0 Å². The lowest BCUT2D eigenvalue weighted by Gasteiger charge is -2.08. The molecule has 1 aromatic rings. The maximum Gasteiger partial charge on any atom is 0.137 e. The molecule has 0 spiro atoms. The van der Waals surface area contributed by atoms with Crippen LogP contribution < -0.4 is 5.43 Å². The van der Waals surface area contributed by atoms with Gasteiger partial charge in [-0.25, -0.2) is 4.39 Å². The van der Waals surface area contributed by atoms with Crippen LogP contribution in [0.5, 0.6) is 0 Å². The molecule has 1 N–H and O–H groups in total. The van der Waals surface area contributed by atoms with Gasteiger partial charge in [0.25, 0.3) is 0 Å². The molecule has 2 rings (SSSR count). The summed E-state index contributed by atoms with van der Waals surface area (Å²) in [7, 11) is 0. The summed E-state index contributed by atoms with van der Waals surface area (Å²) in [6.45, 7) is 1.88. The van der Waals surface area contributed by atoms with E-state index in [1.165, 1.54) is 37.5 Å². The standard InChI is InChI=1S/C14H18BrFN2/c1-10-8-13(16)12(15)9-14(10)18-17-11-6-4-2-3-5-7-11/h8-9,18H,2-7H2,1H3. The Kier molecular flexibility index (Phi) is 4.75. The molecule has 0 saturated heterocycles. The molecule has 4 heteroatoms. The Morgan fingerprint density at radius 2 is 1.83 bits per heavy atom. The normalized spacial score (nSPS) is 16.3. The van der Waals surface area contributed by atoms with Crippen molar-refractivity contribution in [2.75, 3.05) is 5.43 Å². The predicted molar refractivity (Wildman–Crippen MR) is 77.6 cm³/mol. The highest BCUT2D eigenvalue weighted by molar-refractivity contribution is 9.10. The van der Waals surface area contributed by atoms with Crippen LogP contribution in [-0.2, 0) is 0 Å². The molecule has 0 bridgehead atoms. The van der Waals surface area contributed by atoms with Gasteiger partial charge in [-0.2, -0.15) is 5.10 Å². The first-order chi connectivity index (χ1) is 8.66. The van der Waals surface area contributed by atoms with E-state index in [9.17, 15) is 4.39 Å². The molecule has 1 fully saturated rings. The lowest BCUT2D eigenvalue weighted by Crippen LogP contribution is -2.02. The number of nitrogens with one attached hydrogen (secondary N) is 1. The van der Waals surface area contributed by atoms with Crippen molar-refractivity contribution in [3.8, 4) is 0 Å². The van der Waals surface area contributed by atoms with Crippen molar-refractivity contribution < 1.29 is 4.39 Å². The molecule has 0 unspecified atom stereocenters. The van der Waals surface area contributed by atoms with Crippen molar-refractivity contribution in [1.29, 1.82) is 0 Å². The van der Waals surface area contributed by atoms with Gasteiger partial charge in [-0.05, 0) is 66.2 Å². The zero-order valence-corrected chi connectivity index (χ0v) is 12.2. The highest BCUT2D eigenvalue weighted by Gasteiger charge is 2.07. The van der Waals surface area contributed by atoms with Crippen molar-refractivity contribution in [2.45, 2.75) is 45.4 Å². The fourth-order valence-corrected chi connectivity index (χ4v) is 2.50. The number of rotatable bonds is 2. The van der Waals surface area contributed by atoms with Crippen molar-refractivity contribution >= 4 is 27.3 Å². The summed E-state index contributed by atoms with van der Waals surface area (Å²) >= 11 is 3.20. The first kappa shape index (κ1) is 13.5. The Balaban J connectivity index is 2.09. The molecule has 0 amide bonds. The van der Waals surface area contributed by atoms with Crippen LogP contribution in [0.1, 0.15) is 44.1 Å². The van der Waals surface area contributed by atoms with E-state index in [4.69, 9.17) is 0 Å². The van der Waals surface area contributed by atoms with Crippen LogP contribution in [0.15, 0.2) is 21.7 Å². The smallest absolute Gasteiger partial charge is 0.137 e.